The van der Waals surface area contributed by atoms with E-state index in [-0.39, 0.29) is 18.4 Å². The number of carbonyl (C=O) groups excluding carboxylic acids is 3. The zero-order valence-electron chi connectivity index (χ0n) is 15.9. The number of carbonyl (C=O) groups is 3. The molecule has 1 unspecified atom stereocenters. The maximum atomic E-state index is 13.0. The zero-order valence-corrected chi connectivity index (χ0v) is 15.9. The van der Waals surface area contributed by atoms with E-state index >= 15 is 0 Å². The largest absolute Gasteiger partial charge is 0.387 e. The fraction of sp³-hybridized carbons (Fsp3) is 0.550. The number of nitrogens with zero attached hydrogens (tertiary/aromatic N) is 1. The Balaban J connectivity index is 2.98. The van der Waals surface area contributed by atoms with Crippen molar-refractivity contribution in [3.8, 4) is 0 Å². The molecule has 0 heterocycles. The average molecular weight is 362 g/mol. The van der Waals surface area contributed by atoms with Crippen LogP contribution in [0, 0.1) is 5.92 Å². The van der Waals surface area contributed by atoms with Crippen LogP contribution in [0.2, 0.25) is 0 Å². The monoisotopic (exact) mass is 362 g/mol. The molecule has 1 rings (SSSR count). The van der Waals surface area contributed by atoms with Gasteiger partial charge in [0.2, 0.25) is 0 Å². The van der Waals surface area contributed by atoms with E-state index in [1.165, 1.54) is 0 Å². The highest BCUT2D eigenvalue weighted by atomic mass is 16.3. The second-order valence-corrected chi connectivity index (χ2v) is 6.45. The highest BCUT2D eigenvalue weighted by molar-refractivity contribution is 6.02. The van der Waals surface area contributed by atoms with Gasteiger partial charge < -0.3 is 10.4 Å². The SMILES string of the molecule is CCCCCN(C(=O)CO)C(=O)[C@@H](NC(=O)c1ccccc1)C(C)CC. The molecule has 0 saturated carbocycles. The Morgan fingerprint density at radius 1 is 1.12 bits per heavy atom. The van der Waals surface area contributed by atoms with E-state index in [4.69, 9.17) is 0 Å². The van der Waals surface area contributed by atoms with Gasteiger partial charge in [0.25, 0.3) is 17.7 Å². The predicted octanol–water partition coefficient (Wildman–Crippen LogP) is 2.37. The summed E-state index contributed by atoms with van der Waals surface area (Å²) in [4.78, 5) is 38.6. The van der Waals surface area contributed by atoms with Crippen molar-refractivity contribution in [2.45, 2.75) is 52.5 Å². The lowest BCUT2D eigenvalue weighted by molar-refractivity contribution is -0.148. The van der Waals surface area contributed by atoms with E-state index in [1.807, 2.05) is 26.8 Å². The normalized spacial score (nSPS) is 12.9. The summed E-state index contributed by atoms with van der Waals surface area (Å²) in [7, 11) is 0. The molecule has 26 heavy (non-hydrogen) atoms. The highest BCUT2D eigenvalue weighted by Gasteiger charge is 2.32. The number of hydrogen-bond acceptors (Lipinski definition) is 4. The first-order valence-corrected chi connectivity index (χ1v) is 9.27. The van der Waals surface area contributed by atoms with Gasteiger partial charge in [0.1, 0.15) is 12.6 Å². The Morgan fingerprint density at radius 3 is 2.31 bits per heavy atom. The van der Waals surface area contributed by atoms with E-state index in [9.17, 15) is 19.5 Å². The second kappa shape index (κ2) is 11.4. The van der Waals surface area contributed by atoms with Crippen LogP contribution in [0.5, 0.6) is 0 Å². The number of hydrogen-bond donors (Lipinski definition) is 2. The van der Waals surface area contributed by atoms with E-state index in [0.717, 1.165) is 17.7 Å². The summed E-state index contributed by atoms with van der Waals surface area (Å²) in [6.45, 7) is 5.34. The Labute approximate surface area is 155 Å². The maximum absolute atomic E-state index is 13.0. The van der Waals surface area contributed by atoms with Crippen molar-refractivity contribution in [2.24, 2.45) is 5.92 Å². The molecule has 0 aromatic heterocycles. The molecule has 1 aromatic carbocycles. The van der Waals surface area contributed by atoms with Crippen LogP contribution in [0.4, 0.5) is 0 Å². The van der Waals surface area contributed by atoms with Crippen LogP contribution >= 0.6 is 0 Å². The van der Waals surface area contributed by atoms with Crippen LogP contribution in [-0.2, 0) is 9.59 Å². The molecule has 6 heteroatoms. The van der Waals surface area contributed by atoms with Crippen molar-refractivity contribution in [2.75, 3.05) is 13.2 Å². The van der Waals surface area contributed by atoms with Gasteiger partial charge in [0.15, 0.2) is 0 Å². The summed E-state index contributed by atoms with van der Waals surface area (Å²) in [6, 6.07) is 7.84. The molecule has 0 aliphatic heterocycles. The summed E-state index contributed by atoms with van der Waals surface area (Å²) in [5.74, 6) is -1.59. The number of aliphatic hydroxyl groups is 1. The van der Waals surface area contributed by atoms with Crippen molar-refractivity contribution in [3.63, 3.8) is 0 Å². The van der Waals surface area contributed by atoms with Crippen molar-refractivity contribution >= 4 is 17.7 Å². The smallest absolute Gasteiger partial charge is 0.254 e. The molecule has 6 nitrogen and oxygen atoms in total. The van der Waals surface area contributed by atoms with Crippen LogP contribution in [-0.4, -0.2) is 46.9 Å². The summed E-state index contributed by atoms with van der Waals surface area (Å²) >= 11 is 0. The Hall–Kier alpha value is -2.21. The van der Waals surface area contributed by atoms with E-state index in [2.05, 4.69) is 5.32 Å². The molecule has 144 valence electrons. The first-order valence-electron chi connectivity index (χ1n) is 9.27. The van der Waals surface area contributed by atoms with Crippen LogP contribution in [0.1, 0.15) is 56.8 Å². The molecule has 0 aliphatic rings. The topological polar surface area (TPSA) is 86.7 Å². The minimum absolute atomic E-state index is 0.143. The third kappa shape index (κ3) is 6.26. The fourth-order valence-corrected chi connectivity index (χ4v) is 2.63. The van der Waals surface area contributed by atoms with Crippen molar-refractivity contribution in [1.29, 1.82) is 0 Å². The lowest BCUT2D eigenvalue weighted by atomic mass is 9.97. The minimum atomic E-state index is -0.815. The van der Waals surface area contributed by atoms with Gasteiger partial charge in [-0.1, -0.05) is 58.2 Å². The third-order valence-corrected chi connectivity index (χ3v) is 4.49. The van der Waals surface area contributed by atoms with Crippen LogP contribution in [0.25, 0.3) is 0 Å². The molecule has 0 spiro atoms. The average Bonchev–Trinajstić information content (AvgIpc) is 2.68. The standard InChI is InChI=1S/C20H30N2O4/c1-4-6-10-13-22(17(24)14-23)20(26)18(15(3)5-2)21-19(25)16-11-8-7-9-12-16/h7-9,11-12,15,18,23H,4-6,10,13-14H2,1-3H3,(H,21,25)/t15?,18-/m0/s1. The molecule has 3 amide bonds. The van der Waals surface area contributed by atoms with Gasteiger partial charge in [0.05, 0.1) is 0 Å². The van der Waals surface area contributed by atoms with Crippen LogP contribution < -0.4 is 5.32 Å². The fourth-order valence-electron chi connectivity index (χ4n) is 2.63. The first-order chi connectivity index (χ1) is 12.5. The number of imide groups is 1. The summed E-state index contributed by atoms with van der Waals surface area (Å²) in [5.41, 5.74) is 0.458. The number of aliphatic hydroxyl groups excluding tert-OH is 1. The number of amides is 3. The Kier molecular flexibility index (Phi) is 9.58. The van der Waals surface area contributed by atoms with Gasteiger partial charge in [0, 0.05) is 12.1 Å². The predicted molar refractivity (Wildman–Crippen MR) is 100 cm³/mol. The quantitative estimate of drug-likeness (QED) is 0.626. The first kappa shape index (κ1) is 21.8. The van der Waals surface area contributed by atoms with E-state index in [1.54, 1.807) is 24.3 Å². The molecular weight excluding hydrogens is 332 g/mol. The zero-order chi connectivity index (χ0) is 19.5. The van der Waals surface area contributed by atoms with Crippen molar-refractivity contribution in [1.82, 2.24) is 10.2 Å². The van der Waals surface area contributed by atoms with Gasteiger partial charge in [-0.05, 0) is 24.5 Å². The van der Waals surface area contributed by atoms with Crippen molar-refractivity contribution in [3.05, 3.63) is 35.9 Å². The van der Waals surface area contributed by atoms with Crippen molar-refractivity contribution < 1.29 is 19.5 Å². The van der Waals surface area contributed by atoms with E-state index in [0.29, 0.717) is 18.4 Å². The van der Waals surface area contributed by atoms with Gasteiger partial charge in [-0.25, -0.2) is 0 Å². The molecular formula is C20H30N2O4. The second-order valence-electron chi connectivity index (χ2n) is 6.45. The lowest BCUT2D eigenvalue weighted by Gasteiger charge is -2.29. The molecule has 1 aromatic rings. The maximum Gasteiger partial charge on any atom is 0.254 e. The van der Waals surface area contributed by atoms with Gasteiger partial charge in [-0.15, -0.1) is 0 Å². The van der Waals surface area contributed by atoms with Gasteiger partial charge in [-0.2, -0.15) is 0 Å². The molecule has 0 fully saturated rings. The van der Waals surface area contributed by atoms with Crippen LogP contribution in [0.15, 0.2) is 30.3 Å². The summed E-state index contributed by atoms with van der Waals surface area (Å²) in [5, 5.41) is 12.0. The number of rotatable bonds is 10. The number of nitrogens with one attached hydrogen (secondary N) is 1. The number of unbranched alkanes of at least 4 members (excludes halogenated alkanes) is 2. The molecule has 0 aliphatic carbocycles. The Bertz CT molecular complexity index is 589. The molecule has 0 saturated heterocycles. The molecule has 2 atom stereocenters. The number of benzene rings is 1. The van der Waals surface area contributed by atoms with Gasteiger partial charge >= 0.3 is 0 Å². The minimum Gasteiger partial charge on any atom is -0.387 e. The highest BCUT2D eigenvalue weighted by Crippen LogP contribution is 2.14. The molecule has 2 N–H and O–H groups in total. The summed E-state index contributed by atoms with van der Waals surface area (Å²) < 4.78 is 0. The third-order valence-electron chi connectivity index (χ3n) is 4.49. The lowest BCUT2D eigenvalue weighted by Crippen LogP contribution is -2.54. The molecule has 0 bridgehead atoms. The van der Waals surface area contributed by atoms with Crippen LogP contribution in [0.3, 0.4) is 0 Å². The Morgan fingerprint density at radius 2 is 1.77 bits per heavy atom. The van der Waals surface area contributed by atoms with E-state index < -0.39 is 24.5 Å². The molecule has 0 radical (unpaired) electrons. The summed E-state index contributed by atoms with van der Waals surface area (Å²) in [6.07, 6.45) is 3.18. The van der Waals surface area contributed by atoms with Gasteiger partial charge in [-0.3, -0.25) is 19.3 Å².